The number of carboxylic acids is 1. The van der Waals surface area contributed by atoms with Gasteiger partial charge in [0.05, 0.1) is 11.9 Å². The van der Waals surface area contributed by atoms with E-state index in [4.69, 9.17) is 5.11 Å². The molecule has 0 aliphatic rings. The number of pyridine rings is 1. The van der Waals surface area contributed by atoms with E-state index in [1.165, 1.54) is 6.08 Å². The van der Waals surface area contributed by atoms with E-state index < -0.39 is 5.97 Å². The van der Waals surface area contributed by atoms with Crippen molar-refractivity contribution in [1.29, 1.82) is 0 Å². The topological polar surface area (TPSA) is 78.9 Å². The van der Waals surface area contributed by atoms with Crippen molar-refractivity contribution < 1.29 is 9.90 Å². The van der Waals surface area contributed by atoms with Gasteiger partial charge in [-0.3, -0.25) is 4.98 Å². The highest BCUT2D eigenvalue weighted by Gasteiger charge is 2.02. The average molecular weight is 215 g/mol. The second-order valence-electron chi connectivity index (χ2n) is 3.07. The lowest BCUT2D eigenvalue weighted by Gasteiger charge is -1.92. The van der Waals surface area contributed by atoms with Gasteiger partial charge in [-0.1, -0.05) is 6.07 Å². The van der Waals surface area contributed by atoms with Crippen LogP contribution in [0.1, 0.15) is 5.69 Å². The van der Waals surface area contributed by atoms with E-state index in [9.17, 15) is 4.79 Å². The predicted molar refractivity (Wildman–Crippen MR) is 58.5 cm³/mol. The number of aliphatic carboxylic acids is 1. The Hall–Kier alpha value is -2.43. The minimum atomic E-state index is -0.992. The molecule has 0 amide bonds. The smallest absolute Gasteiger partial charge is 0.328 e. The van der Waals surface area contributed by atoms with Gasteiger partial charge >= 0.3 is 5.97 Å². The number of hydrogen-bond donors (Lipinski definition) is 2. The lowest BCUT2D eigenvalue weighted by Crippen LogP contribution is -1.86. The maximum atomic E-state index is 10.3. The summed E-state index contributed by atoms with van der Waals surface area (Å²) in [5, 5.41) is 8.47. The standard InChI is InChI=1S/C11H9N3O2/c15-10(16)5-4-8-7-13-11(14-8)9-3-1-2-6-12-9/h1-7H,(H,13,14)(H,15,16)/b5-4+. The van der Waals surface area contributed by atoms with Gasteiger partial charge in [0.25, 0.3) is 0 Å². The lowest BCUT2D eigenvalue weighted by atomic mass is 10.3. The third-order valence-corrected chi connectivity index (χ3v) is 1.91. The first-order chi connectivity index (χ1) is 7.75. The number of carbonyl (C=O) groups is 1. The third kappa shape index (κ3) is 2.33. The maximum Gasteiger partial charge on any atom is 0.328 e. The van der Waals surface area contributed by atoms with Gasteiger partial charge < -0.3 is 10.1 Å². The molecule has 0 saturated carbocycles. The van der Waals surface area contributed by atoms with Crippen molar-refractivity contribution in [2.45, 2.75) is 0 Å². The Morgan fingerprint density at radius 1 is 1.38 bits per heavy atom. The molecule has 0 spiro atoms. The molecule has 0 bridgehead atoms. The van der Waals surface area contributed by atoms with Crippen LogP contribution in [0.3, 0.4) is 0 Å². The Kier molecular flexibility index (Phi) is 2.77. The minimum absolute atomic E-state index is 0.616. The Morgan fingerprint density at radius 3 is 2.94 bits per heavy atom. The first-order valence-corrected chi connectivity index (χ1v) is 4.63. The molecule has 0 radical (unpaired) electrons. The molecule has 0 atom stereocenters. The van der Waals surface area contributed by atoms with Gasteiger partial charge in [0.2, 0.25) is 0 Å². The highest BCUT2D eigenvalue weighted by atomic mass is 16.4. The Labute approximate surface area is 91.5 Å². The molecule has 2 aromatic rings. The molecule has 2 heterocycles. The van der Waals surface area contributed by atoms with Crippen molar-refractivity contribution in [3.8, 4) is 11.5 Å². The Morgan fingerprint density at radius 2 is 2.25 bits per heavy atom. The summed E-state index contributed by atoms with van der Waals surface area (Å²) in [4.78, 5) is 21.5. The van der Waals surface area contributed by atoms with Gasteiger partial charge in [-0.15, -0.1) is 0 Å². The molecule has 2 N–H and O–H groups in total. The molecule has 0 fully saturated rings. The molecule has 2 aromatic heterocycles. The van der Waals surface area contributed by atoms with Crippen LogP contribution in [0.4, 0.5) is 0 Å². The second kappa shape index (κ2) is 4.39. The number of carboxylic acid groups (broad SMARTS) is 1. The zero-order chi connectivity index (χ0) is 11.4. The highest BCUT2D eigenvalue weighted by molar-refractivity contribution is 5.84. The zero-order valence-electron chi connectivity index (χ0n) is 8.29. The molecular weight excluding hydrogens is 206 g/mol. The van der Waals surface area contributed by atoms with E-state index in [0.29, 0.717) is 11.5 Å². The lowest BCUT2D eigenvalue weighted by molar-refractivity contribution is -0.131. The maximum absolute atomic E-state index is 10.3. The zero-order valence-corrected chi connectivity index (χ0v) is 8.29. The van der Waals surface area contributed by atoms with Crippen LogP contribution in [0.15, 0.2) is 36.7 Å². The van der Waals surface area contributed by atoms with Crippen LogP contribution in [0, 0.1) is 0 Å². The average Bonchev–Trinajstić information content (AvgIpc) is 2.76. The minimum Gasteiger partial charge on any atom is -0.478 e. The second-order valence-corrected chi connectivity index (χ2v) is 3.07. The molecule has 0 aromatic carbocycles. The molecular formula is C11H9N3O2. The molecule has 5 nitrogen and oxygen atoms in total. The fourth-order valence-electron chi connectivity index (χ4n) is 1.21. The molecule has 2 rings (SSSR count). The van der Waals surface area contributed by atoms with Crippen LogP contribution in [0.25, 0.3) is 17.6 Å². The molecule has 0 saturated heterocycles. The largest absolute Gasteiger partial charge is 0.478 e. The first kappa shape index (κ1) is 10.1. The van der Waals surface area contributed by atoms with Gasteiger partial charge in [0, 0.05) is 12.3 Å². The summed E-state index contributed by atoms with van der Waals surface area (Å²) in [7, 11) is 0. The van der Waals surface area contributed by atoms with Crippen molar-refractivity contribution in [3.63, 3.8) is 0 Å². The van der Waals surface area contributed by atoms with Gasteiger partial charge in [-0.05, 0) is 18.2 Å². The number of aromatic amines is 1. The number of aromatic nitrogens is 3. The van der Waals surface area contributed by atoms with Crippen LogP contribution in [-0.2, 0) is 4.79 Å². The molecule has 5 heteroatoms. The van der Waals surface area contributed by atoms with Crippen LogP contribution in [-0.4, -0.2) is 26.0 Å². The Bertz CT molecular complexity index is 517. The molecule has 0 unspecified atom stereocenters. The summed E-state index contributed by atoms with van der Waals surface area (Å²) in [6, 6.07) is 5.50. The van der Waals surface area contributed by atoms with E-state index >= 15 is 0 Å². The van der Waals surface area contributed by atoms with Crippen LogP contribution < -0.4 is 0 Å². The number of H-pyrrole nitrogens is 1. The van der Waals surface area contributed by atoms with E-state index in [1.807, 2.05) is 18.2 Å². The third-order valence-electron chi connectivity index (χ3n) is 1.91. The van der Waals surface area contributed by atoms with Crippen LogP contribution in [0.2, 0.25) is 0 Å². The van der Waals surface area contributed by atoms with Gasteiger partial charge in [0.1, 0.15) is 5.69 Å². The summed E-state index contributed by atoms with van der Waals surface area (Å²) in [5.41, 5.74) is 1.35. The van der Waals surface area contributed by atoms with E-state index in [1.54, 1.807) is 12.4 Å². The normalized spacial score (nSPS) is 10.8. The SMILES string of the molecule is O=C(O)/C=C/c1cnc(-c2ccccn2)[nH]1. The van der Waals surface area contributed by atoms with Crippen molar-refractivity contribution in [1.82, 2.24) is 15.0 Å². The van der Waals surface area contributed by atoms with Crippen molar-refractivity contribution in [2.75, 3.05) is 0 Å². The highest BCUT2D eigenvalue weighted by Crippen LogP contribution is 2.12. The summed E-state index contributed by atoms with van der Waals surface area (Å²) in [6.45, 7) is 0. The monoisotopic (exact) mass is 215 g/mol. The Balaban J connectivity index is 2.23. The van der Waals surface area contributed by atoms with Crippen molar-refractivity contribution in [2.24, 2.45) is 0 Å². The molecule has 0 aliphatic carbocycles. The number of imidazole rings is 1. The van der Waals surface area contributed by atoms with E-state index in [2.05, 4.69) is 15.0 Å². The van der Waals surface area contributed by atoms with E-state index in [-0.39, 0.29) is 0 Å². The number of hydrogen-bond acceptors (Lipinski definition) is 3. The molecule has 80 valence electrons. The van der Waals surface area contributed by atoms with E-state index in [0.717, 1.165) is 11.8 Å². The molecule has 0 aliphatic heterocycles. The number of nitrogens with one attached hydrogen (secondary N) is 1. The summed E-state index contributed by atoms with van der Waals surface area (Å²) < 4.78 is 0. The van der Waals surface area contributed by atoms with Crippen LogP contribution in [0.5, 0.6) is 0 Å². The van der Waals surface area contributed by atoms with Crippen molar-refractivity contribution in [3.05, 3.63) is 42.4 Å². The van der Waals surface area contributed by atoms with Gasteiger partial charge in [-0.2, -0.15) is 0 Å². The van der Waals surface area contributed by atoms with Gasteiger partial charge in [0.15, 0.2) is 5.82 Å². The summed E-state index contributed by atoms with van der Waals surface area (Å²) in [5.74, 6) is -0.375. The summed E-state index contributed by atoms with van der Waals surface area (Å²) >= 11 is 0. The quantitative estimate of drug-likeness (QED) is 0.761. The fraction of sp³-hybridized carbons (Fsp3) is 0. The summed E-state index contributed by atoms with van der Waals surface area (Å²) in [6.07, 6.45) is 5.73. The number of nitrogens with zero attached hydrogens (tertiary/aromatic N) is 2. The number of rotatable bonds is 3. The predicted octanol–water partition coefficient (Wildman–Crippen LogP) is 1.57. The fourth-order valence-corrected chi connectivity index (χ4v) is 1.21. The van der Waals surface area contributed by atoms with Crippen LogP contribution >= 0.6 is 0 Å². The first-order valence-electron chi connectivity index (χ1n) is 4.63. The van der Waals surface area contributed by atoms with Gasteiger partial charge in [-0.25, -0.2) is 9.78 Å². The molecule has 16 heavy (non-hydrogen) atoms. The van der Waals surface area contributed by atoms with Crippen molar-refractivity contribution >= 4 is 12.0 Å².